The zero-order valence-corrected chi connectivity index (χ0v) is 21.5. The summed E-state index contributed by atoms with van der Waals surface area (Å²) in [5.41, 5.74) is 0.259. The van der Waals surface area contributed by atoms with Crippen molar-refractivity contribution in [2.45, 2.75) is 45.3 Å². The van der Waals surface area contributed by atoms with Gasteiger partial charge in [0.05, 0.1) is 31.5 Å². The maximum Gasteiger partial charge on any atom is 0.410 e. The van der Waals surface area contributed by atoms with Crippen LogP contribution in [0.4, 0.5) is 20.6 Å². The Morgan fingerprint density at radius 2 is 1.92 bits per heavy atom. The Bertz CT molecular complexity index is 1030. The number of rotatable bonds is 7. The average molecular weight is 507 g/mol. The fourth-order valence-corrected chi connectivity index (χ4v) is 4.32. The number of nitrogens with zero attached hydrogens (tertiary/aromatic N) is 3. The highest BCUT2D eigenvalue weighted by Crippen LogP contribution is 2.29. The first-order chi connectivity index (χ1) is 16.9. The molecule has 0 unspecified atom stereocenters. The monoisotopic (exact) mass is 506 g/mol. The molecular weight excluding hydrogens is 471 g/mol. The Kier molecular flexibility index (Phi) is 8.44. The van der Waals surface area contributed by atoms with Crippen molar-refractivity contribution in [1.82, 2.24) is 9.80 Å². The molecule has 0 spiro atoms. The van der Waals surface area contributed by atoms with E-state index in [2.05, 4.69) is 5.32 Å². The molecule has 0 saturated carbocycles. The van der Waals surface area contributed by atoms with Crippen LogP contribution in [0.2, 0.25) is 0 Å². The molecule has 2 aliphatic heterocycles. The number of methoxy groups -OCH3 is 1. The molecule has 2 amide bonds. The first kappa shape index (κ1) is 27.3. The lowest BCUT2D eigenvalue weighted by Crippen LogP contribution is -2.47. The largest absolute Gasteiger partial charge is 0.466 e. The minimum atomic E-state index is -0.666. The zero-order valence-electron chi connectivity index (χ0n) is 21.5. The molecule has 0 radical (unpaired) electrons. The number of carbonyl (C=O) groups is 3. The number of aliphatic hydroxyl groups is 1. The van der Waals surface area contributed by atoms with E-state index in [9.17, 15) is 19.5 Å². The highest BCUT2D eigenvalue weighted by atomic mass is 19.1. The Morgan fingerprint density at radius 3 is 2.47 bits per heavy atom. The lowest BCUT2D eigenvalue weighted by atomic mass is 10.0. The first-order valence-corrected chi connectivity index (χ1v) is 11.9. The number of amides is 2. The molecule has 1 aromatic carbocycles. The quantitative estimate of drug-likeness (QED) is 0.542. The summed E-state index contributed by atoms with van der Waals surface area (Å²) in [5, 5.41) is 12.0. The Labute approximate surface area is 210 Å². The van der Waals surface area contributed by atoms with Crippen LogP contribution in [0.1, 0.15) is 33.6 Å². The number of piperidine rings is 1. The third-order valence-corrected chi connectivity index (χ3v) is 6.21. The molecule has 0 aromatic heterocycles. The number of likely N-dealkylation sites (tertiary alicyclic amines) is 1. The summed E-state index contributed by atoms with van der Waals surface area (Å²) < 4.78 is 25.3. The fraction of sp³-hybridized carbons (Fsp3) is 0.560. The molecule has 2 N–H and O–H groups in total. The van der Waals surface area contributed by atoms with Gasteiger partial charge >= 0.3 is 12.1 Å². The van der Waals surface area contributed by atoms with Crippen molar-refractivity contribution in [1.29, 1.82) is 0 Å². The highest BCUT2D eigenvalue weighted by molar-refractivity contribution is 6.08. The summed E-state index contributed by atoms with van der Waals surface area (Å²) in [6.07, 6.45) is 0.990. The lowest BCUT2D eigenvalue weighted by Gasteiger charge is -2.38. The predicted octanol–water partition coefficient (Wildman–Crippen LogP) is 2.33. The van der Waals surface area contributed by atoms with Crippen molar-refractivity contribution in [2.24, 2.45) is 0 Å². The summed E-state index contributed by atoms with van der Waals surface area (Å²) in [7, 11) is 3.03. The molecule has 198 valence electrons. The molecule has 36 heavy (non-hydrogen) atoms. The summed E-state index contributed by atoms with van der Waals surface area (Å²) in [6.45, 7) is 6.33. The number of aliphatic hydroxyl groups excluding tert-OH is 1. The van der Waals surface area contributed by atoms with E-state index < -0.39 is 23.3 Å². The number of anilines is 2. The average Bonchev–Trinajstić information content (AvgIpc) is 3.12. The third kappa shape index (κ3) is 6.26. The van der Waals surface area contributed by atoms with Gasteiger partial charge < -0.3 is 34.6 Å². The SMILES string of the molecule is COC(=O)C1=C(Nc2ccc(N(C)C3CCN(C(=O)OC(C)(C)C)CC3)c(F)c2)C(=O)N(CCO)C1. The van der Waals surface area contributed by atoms with E-state index in [4.69, 9.17) is 9.47 Å². The number of benzene rings is 1. The van der Waals surface area contributed by atoms with E-state index in [0.29, 0.717) is 37.3 Å². The number of hydrogen-bond donors (Lipinski definition) is 2. The second-order valence-electron chi connectivity index (χ2n) is 9.90. The molecule has 1 saturated heterocycles. The van der Waals surface area contributed by atoms with E-state index in [1.54, 1.807) is 17.0 Å². The number of esters is 1. The van der Waals surface area contributed by atoms with Gasteiger partial charge in [-0.25, -0.2) is 14.0 Å². The standard InChI is InChI=1S/C25H35FN4O6/c1-25(2,3)36-24(34)29-10-8-17(9-11-29)28(4)20-7-6-16(14-19(20)26)27-21-18(23(33)35-5)15-30(12-13-31)22(21)32/h6-7,14,17,27,31H,8-13,15H2,1-5H3. The van der Waals surface area contributed by atoms with Gasteiger partial charge in [0.15, 0.2) is 0 Å². The Hall–Kier alpha value is -3.34. The molecule has 0 bridgehead atoms. The number of hydrogen-bond acceptors (Lipinski definition) is 8. The molecule has 1 aromatic rings. The van der Waals surface area contributed by atoms with Crippen LogP contribution < -0.4 is 10.2 Å². The van der Waals surface area contributed by atoms with Crippen molar-refractivity contribution in [2.75, 3.05) is 57.2 Å². The lowest BCUT2D eigenvalue weighted by molar-refractivity contribution is -0.136. The first-order valence-electron chi connectivity index (χ1n) is 11.9. The van der Waals surface area contributed by atoms with E-state index in [1.807, 2.05) is 32.7 Å². The molecule has 10 nitrogen and oxygen atoms in total. The van der Waals surface area contributed by atoms with Crippen molar-refractivity contribution in [3.8, 4) is 0 Å². The summed E-state index contributed by atoms with van der Waals surface area (Å²) in [6, 6.07) is 4.55. The van der Waals surface area contributed by atoms with Crippen LogP contribution in [-0.4, -0.2) is 91.5 Å². The van der Waals surface area contributed by atoms with Crippen LogP contribution in [0.5, 0.6) is 0 Å². The van der Waals surface area contributed by atoms with Crippen molar-refractivity contribution in [3.63, 3.8) is 0 Å². The molecular formula is C25H35FN4O6. The van der Waals surface area contributed by atoms with Gasteiger partial charge in [0, 0.05) is 38.4 Å². The van der Waals surface area contributed by atoms with Crippen LogP contribution in [0.25, 0.3) is 0 Å². The van der Waals surface area contributed by atoms with Crippen LogP contribution in [0.15, 0.2) is 29.5 Å². The van der Waals surface area contributed by atoms with Gasteiger partial charge in [-0.15, -0.1) is 0 Å². The van der Waals surface area contributed by atoms with Gasteiger partial charge in [-0.2, -0.15) is 0 Å². The molecule has 3 rings (SSSR count). The summed E-state index contributed by atoms with van der Waals surface area (Å²) >= 11 is 0. The van der Waals surface area contributed by atoms with Crippen LogP contribution in [-0.2, 0) is 19.1 Å². The second-order valence-corrected chi connectivity index (χ2v) is 9.90. The minimum Gasteiger partial charge on any atom is -0.466 e. The predicted molar refractivity (Wildman–Crippen MR) is 132 cm³/mol. The number of halogens is 1. The fourth-order valence-electron chi connectivity index (χ4n) is 4.32. The van der Waals surface area contributed by atoms with Gasteiger partial charge in [0.1, 0.15) is 17.1 Å². The van der Waals surface area contributed by atoms with Crippen molar-refractivity contribution >= 4 is 29.3 Å². The van der Waals surface area contributed by atoms with Gasteiger partial charge in [-0.3, -0.25) is 4.79 Å². The van der Waals surface area contributed by atoms with Crippen LogP contribution >= 0.6 is 0 Å². The van der Waals surface area contributed by atoms with Crippen LogP contribution in [0.3, 0.4) is 0 Å². The normalized spacial score (nSPS) is 16.9. The van der Waals surface area contributed by atoms with E-state index in [1.165, 1.54) is 18.1 Å². The van der Waals surface area contributed by atoms with Gasteiger partial charge in [0.25, 0.3) is 5.91 Å². The number of β-amino-alcohol motifs (C(OH)–C–C–N with tert-alkyl or cyclic N) is 1. The van der Waals surface area contributed by atoms with Gasteiger partial charge in [-0.05, 0) is 51.8 Å². The molecule has 2 aliphatic rings. The van der Waals surface area contributed by atoms with E-state index in [0.717, 1.165) is 0 Å². The minimum absolute atomic E-state index is 0.000301. The van der Waals surface area contributed by atoms with E-state index >= 15 is 4.39 Å². The maximum atomic E-state index is 15.1. The molecule has 0 atom stereocenters. The molecule has 1 fully saturated rings. The van der Waals surface area contributed by atoms with Gasteiger partial charge in [0.2, 0.25) is 0 Å². The van der Waals surface area contributed by atoms with Crippen LogP contribution in [0, 0.1) is 5.82 Å². The Balaban J connectivity index is 1.68. The van der Waals surface area contributed by atoms with Gasteiger partial charge in [-0.1, -0.05) is 0 Å². The molecule has 11 heteroatoms. The summed E-state index contributed by atoms with van der Waals surface area (Å²) in [4.78, 5) is 42.0. The number of nitrogens with one attached hydrogen (secondary N) is 1. The number of ether oxygens (including phenoxy) is 2. The Morgan fingerprint density at radius 1 is 1.25 bits per heavy atom. The summed E-state index contributed by atoms with van der Waals surface area (Å²) in [5.74, 6) is -1.63. The molecule has 0 aliphatic carbocycles. The second kappa shape index (κ2) is 11.2. The van der Waals surface area contributed by atoms with E-state index in [-0.39, 0.29) is 43.1 Å². The smallest absolute Gasteiger partial charge is 0.410 e. The zero-order chi connectivity index (χ0) is 26.6. The van der Waals surface area contributed by atoms with Crippen molar-refractivity contribution < 1.29 is 33.4 Å². The highest BCUT2D eigenvalue weighted by Gasteiger charge is 2.35. The topological polar surface area (TPSA) is 112 Å². The number of carbonyl (C=O) groups excluding carboxylic acids is 3. The third-order valence-electron chi connectivity index (χ3n) is 6.21. The molecule has 2 heterocycles. The maximum absolute atomic E-state index is 15.1. The van der Waals surface area contributed by atoms with Crippen molar-refractivity contribution in [3.05, 3.63) is 35.3 Å².